The lowest BCUT2D eigenvalue weighted by molar-refractivity contribution is 0.0947. The Kier molecular flexibility index (Phi) is 4.15. The van der Waals surface area contributed by atoms with Gasteiger partial charge in [-0.3, -0.25) is 9.78 Å². The first-order valence-corrected chi connectivity index (χ1v) is 6.90. The lowest BCUT2D eigenvalue weighted by atomic mass is 10.1. The van der Waals surface area contributed by atoms with Crippen molar-refractivity contribution < 1.29 is 4.79 Å². The van der Waals surface area contributed by atoms with E-state index >= 15 is 0 Å². The van der Waals surface area contributed by atoms with Crippen molar-refractivity contribution in [3.05, 3.63) is 29.6 Å². The normalized spacial score (nSPS) is 23.6. The van der Waals surface area contributed by atoms with Crippen LogP contribution in [0.2, 0.25) is 0 Å². The van der Waals surface area contributed by atoms with E-state index in [2.05, 4.69) is 26.2 Å². The summed E-state index contributed by atoms with van der Waals surface area (Å²) in [5, 5.41) is 2.99. The van der Waals surface area contributed by atoms with Crippen molar-refractivity contribution in [2.24, 2.45) is 5.92 Å². The number of nitrogens with zero attached hydrogens (tertiary/aromatic N) is 1. The fraction of sp³-hybridized carbons (Fsp3) is 0.538. The molecule has 1 aromatic heterocycles. The van der Waals surface area contributed by atoms with Crippen molar-refractivity contribution in [2.75, 3.05) is 6.54 Å². The van der Waals surface area contributed by atoms with Gasteiger partial charge >= 0.3 is 0 Å². The van der Waals surface area contributed by atoms with E-state index in [1.54, 1.807) is 12.4 Å². The van der Waals surface area contributed by atoms with E-state index in [1.807, 2.05) is 13.0 Å². The van der Waals surface area contributed by atoms with E-state index in [-0.39, 0.29) is 5.91 Å². The van der Waals surface area contributed by atoms with E-state index in [0.717, 1.165) is 18.5 Å². The number of alkyl halides is 1. The summed E-state index contributed by atoms with van der Waals surface area (Å²) >= 11 is 3.62. The average Bonchev–Trinajstić information content (AvgIpc) is 2.72. The molecule has 1 fully saturated rings. The van der Waals surface area contributed by atoms with Crippen molar-refractivity contribution in [3.63, 3.8) is 0 Å². The molecule has 2 unspecified atom stereocenters. The molecule has 0 spiro atoms. The van der Waals surface area contributed by atoms with Gasteiger partial charge in [0.2, 0.25) is 0 Å². The second-order valence-corrected chi connectivity index (χ2v) is 6.03. The molecule has 1 aliphatic carbocycles. The maximum Gasteiger partial charge on any atom is 0.252 e. The molecule has 0 saturated heterocycles. The monoisotopic (exact) mass is 296 g/mol. The Bertz CT molecular complexity index is 408. The number of pyridine rings is 1. The van der Waals surface area contributed by atoms with Gasteiger partial charge in [-0.15, -0.1) is 0 Å². The quantitative estimate of drug-likeness (QED) is 0.872. The topological polar surface area (TPSA) is 42.0 Å². The lowest BCUT2D eigenvalue weighted by Crippen LogP contribution is -2.28. The molecule has 1 aliphatic rings. The fourth-order valence-electron chi connectivity index (χ4n) is 2.22. The Balaban J connectivity index is 1.85. The van der Waals surface area contributed by atoms with Gasteiger partial charge in [0.15, 0.2) is 0 Å². The van der Waals surface area contributed by atoms with Crippen molar-refractivity contribution in [3.8, 4) is 0 Å². The number of aromatic nitrogens is 1. The van der Waals surface area contributed by atoms with Crippen molar-refractivity contribution in [2.45, 2.75) is 31.0 Å². The van der Waals surface area contributed by atoms with Crippen molar-refractivity contribution >= 4 is 21.8 Å². The highest BCUT2D eigenvalue weighted by atomic mass is 79.9. The molecule has 92 valence electrons. The molecule has 1 N–H and O–H groups in total. The molecule has 3 nitrogen and oxygen atoms in total. The Labute approximate surface area is 110 Å². The van der Waals surface area contributed by atoms with Gasteiger partial charge in [0.1, 0.15) is 0 Å². The second-order valence-electron chi connectivity index (χ2n) is 4.74. The molecule has 2 atom stereocenters. The number of hydrogen-bond donors (Lipinski definition) is 1. The van der Waals surface area contributed by atoms with Crippen LogP contribution in [0.1, 0.15) is 35.2 Å². The SMILES string of the molecule is Cc1cncc(C(=O)NCC2CCC(Br)C2)c1. The maximum atomic E-state index is 11.9. The van der Waals surface area contributed by atoms with Gasteiger partial charge in [0, 0.05) is 23.8 Å². The molecule has 1 aromatic rings. The summed E-state index contributed by atoms with van der Waals surface area (Å²) in [6, 6.07) is 1.87. The Morgan fingerprint density at radius 2 is 2.35 bits per heavy atom. The van der Waals surface area contributed by atoms with Crippen LogP contribution >= 0.6 is 15.9 Å². The predicted octanol–water partition coefficient (Wildman–Crippen LogP) is 2.68. The summed E-state index contributed by atoms with van der Waals surface area (Å²) in [6.45, 7) is 2.71. The van der Waals surface area contributed by atoms with Crippen molar-refractivity contribution in [1.82, 2.24) is 10.3 Å². The third-order valence-electron chi connectivity index (χ3n) is 3.17. The van der Waals surface area contributed by atoms with Crippen LogP contribution in [-0.2, 0) is 0 Å². The van der Waals surface area contributed by atoms with E-state index in [0.29, 0.717) is 16.3 Å². The molecular formula is C13H17BrN2O. The third-order valence-corrected chi connectivity index (χ3v) is 4.00. The summed E-state index contributed by atoms with van der Waals surface area (Å²) in [5.74, 6) is 0.598. The van der Waals surface area contributed by atoms with Crippen LogP contribution in [0.3, 0.4) is 0 Å². The van der Waals surface area contributed by atoms with Crippen LogP contribution in [0.4, 0.5) is 0 Å². The summed E-state index contributed by atoms with van der Waals surface area (Å²) in [6.07, 6.45) is 6.94. The highest BCUT2D eigenvalue weighted by molar-refractivity contribution is 9.09. The van der Waals surface area contributed by atoms with Gasteiger partial charge in [-0.2, -0.15) is 0 Å². The van der Waals surface area contributed by atoms with E-state index < -0.39 is 0 Å². The van der Waals surface area contributed by atoms with Crippen LogP contribution in [0.25, 0.3) is 0 Å². The van der Waals surface area contributed by atoms with Crippen LogP contribution < -0.4 is 5.32 Å². The molecule has 1 saturated carbocycles. The van der Waals surface area contributed by atoms with E-state index in [4.69, 9.17) is 0 Å². The zero-order valence-electron chi connectivity index (χ0n) is 9.95. The number of carbonyl (C=O) groups excluding carboxylic acids is 1. The number of rotatable bonds is 3. The number of halogens is 1. The van der Waals surface area contributed by atoms with Gasteiger partial charge in [0.25, 0.3) is 5.91 Å². The van der Waals surface area contributed by atoms with Crippen LogP contribution in [0.15, 0.2) is 18.5 Å². The van der Waals surface area contributed by atoms with Gasteiger partial charge in [0.05, 0.1) is 5.56 Å². The van der Waals surface area contributed by atoms with Gasteiger partial charge in [-0.25, -0.2) is 0 Å². The molecule has 1 heterocycles. The molecule has 0 aromatic carbocycles. The van der Waals surface area contributed by atoms with Crippen molar-refractivity contribution in [1.29, 1.82) is 0 Å². The Morgan fingerprint density at radius 3 is 3.00 bits per heavy atom. The van der Waals surface area contributed by atoms with Crippen LogP contribution in [0, 0.1) is 12.8 Å². The zero-order valence-corrected chi connectivity index (χ0v) is 11.5. The number of hydrogen-bond acceptors (Lipinski definition) is 2. The molecule has 0 bridgehead atoms. The first-order valence-electron chi connectivity index (χ1n) is 5.99. The van der Waals surface area contributed by atoms with Gasteiger partial charge in [-0.05, 0) is 43.7 Å². The van der Waals surface area contributed by atoms with Crippen LogP contribution in [0.5, 0.6) is 0 Å². The lowest BCUT2D eigenvalue weighted by Gasteiger charge is -2.10. The molecule has 4 heteroatoms. The Hall–Kier alpha value is -0.900. The number of aryl methyl sites for hydroxylation is 1. The molecular weight excluding hydrogens is 280 g/mol. The minimum Gasteiger partial charge on any atom is -0.352 e. The fourth-order valence-corrected chi connectivity index (χ4v) is 3.01. The molecule has 2 rings (SSSR count). The first kappa shape index (κ1) is 12.6. The Morgan fingerprint density at radius 1 is 1.53 bits per heavy atom. The molecule has 0 radical (unpaired) electrons. The highest BCUT2D eigenvalue weighted by Gasteiger charge is 2.22. The number of amides is 1. The standard InChI is InChI=1S/C13H17BrN2O/c1-9-4-11(8-15-6-9)13(17)16-7-10-2-3-12(14)5-10/h4,6,8,10,12H,2-3,5,7H2,1H3,(H,16,17). The zero-order chi connectivity index (χ0) is 12.3. The molecule has 1 amide bonds. The largest absolute Gasteiger partial charge is 0.352 e. The summed E-state index contributed by atoms with van der Waals surface area (Å²) in [5.41, 5.74) is 1.66. The minimum atomic E-state index is -0.0146. The third kappa shape index (κ3) is 3.53. The predicted molar refractivity (Wildman–Crippen MR) is 71.4 cm³/mol. The van der Waals surface area contributed by atoms with E-state index in [9.17, 15) is 4.79 Å². The smallest absolute Gasteiger partial charge is 0.252 e. The number of nitrogens with one attached hydrogen (secondary N) is 1. The first-order chi connectivity index (χ1) is 8.15. The van der Waals surface area contributed by atoms with Crippen LogP contribution in [-0.4, -0.2) is 22.3 Å². The van der Waals surface area contributed by atoms with Gasteiger partial charge < -0.3 is 5.32 Å². The van der Waals surface area contributed by atoms with Gasteiger partial charge in [-0.1, -0.05) is 15.9 Å². The summed E-state index contributed by atoms with van der Waals surface area (Å²) < 4.78 is 0. The average molecular weight is 297 g/mol. The second kappa shape index (κ2) is 5.63. The molecule has 0 aliphatic heterocycles. The molecule has 17 heavy (non-hydrogen) atoms. The summed E-state index contributed by atoms with van der Waals surface area (Å²) in [7, 11) is 0. The summed E-state index contributed by atoms with van der Waals surface area (Å²) in [4.78, 5) is 16.5. The maximum absolute atomic E-state index is 11.9. The minimum absolute atomic E-state index is 0.0146. The number of carbonyl (C=O) groups is 1. The highest BCUT2D eigenvalue weighted by Crippen LogP contribution is 2.29. The van der Waals surface area contributed by atoms with E-state index in [1.165, 1.54) is 12.8 Å².